The van der Waals surface area contributed by atoms with Crippen molar-refractivity contribution in [3.05, 3.63) is 10.4 Å². The minimum atomic E-state index is -1.04. The van der Waals surface area contributed by atoms with Crippen molar-refractivity contribution >= 4 is 5.82 Å². The summed E-state index contributed by atoms with van der Waals surface area (Å²) in [5.41, 5.74) is 3.97. The van der Waals surface area contributed by atoms with Crippen LogP contribution in [0.1, 0.15) is 0 Å². The van der Waals surface area contributed by atoms with E-state index in [9.17, 15) is 4.79 Å². The Hall–Kier alpha value is -1.79. The van der Waals surface area contributed by atoms with Crippen LogP contribution in [0, 0.1) is 0 Å². The molecule has 1 rings (SSSR count). The van der Waals surface area contributed by atoms with Crippen molar-refractivity contribution in [2.45, 2.75) is 0 Å². The first kappa shape index (κ1) is 6.33. The van der Waals surface area contributed by atoms with Gasteiger partial charge in [-0.05, 0) is 0 Å². The van der Waals surface area contributed by atoms with Gasteiger partial charge in [-0.25, -0.2) is 0 Å². The third-order valence-electron chi connectivity index (χ3n) is 1.08. The Balaban J connectivity index is 3.60. The summed E-state index contributed by atoms with van der Waals surface area (Å²) >= 11 is 0. The van der Waals surface area contributed by atoms with E-state index in [-0.39, 0.29) is 10.7 Å². The predicted octanol–water partition coefficient (Wildman–Crippen LogP) is -2.11. The number of hydrogen-bond acceptors (Lipinski definition) is 5. The minimum absolute atomic E-state index is 0.00463. The molecular formula is C3H6N4O3. The lowest BCUT2D eigenvalue weighted by atomic mass is 10.6. The maximum absolute atomic E-state index is 10.5. The molecule has 0 aliphatic heterocycles. The number of hydrogen-bond donors (Lipinski definition) is 4. The Morgan fingerprint density at radius 2 is 2.00 bits per heavy atom. The van der Waals surface area contributed by atoms with Gasteiger partial charge >= 0.3 is 5.56 Å². The summed E-state index contributed by atoms with van der Waals surface area (Å²) in [7, 11) is 0. The fraction of sp³-hybridized carbons (Fsp3) is 0. The molecule has 0 aliphatic rings. The molecule has 0 aromatic carbocycles. The molecule has 0 spiro atoms. The fourth-order valence-electron chi connectivity index (χ4n) is 0.513. The third kappa shape index (κ3) is 0.508. The highest BCUT2D eigenvalue weighted by molar-refractivity contribution is 5.43. The van der Waals surface area contributed by atoms with Gasteiger partial charge in [0.2, 0.25) is 5.75 Å². The predicted molar refractivity (Wildman–Crippen MR) is 32.1 cm³/mol. The van der Waals surface area contributed by atoms with Crippen LogP contribution in [-0.2, 0) is 0 Å². The second-order valence-corrected chi connectivity index (χ2v) is 1.67. The Morgan fingerprint density at radius 1 is 1.50 bits per heavy atom. The molecule has 0 bridgehead atoms. The van der Waals surface area contributed by atoms with Gasteiger partial charge in [-0.1, -0.05) is 4.85 Å². The number of rotatable bonds is 0. The number of aromatic nitrogens is 2. The second-order valence-electron chi connectivity index (χ2n) is 1.67. The SMILES string of the molecule is Nc1c(O)c(=O)n(O)n1N. The maximum atomic E-state index is 10.5. The van der Waals surface area contributed by atoms with Crippen molar-refractivity contribution in [3.63, 3.8) is 0 Å². The average molecular weight is 146 g/mol. The van der Waals surface area contributed by atoms with Crippen molar-refractivity contribution in [2.24, 2.45) is 0 Å². The molecule has 0 saturated carbocycles. The minimum Gasteiger partial charge on any atom is -0.500 e. The Bertz CT molecular complexity index is 282. The average Bonchev–Trinajstić information content (AvgIpc) is 2.07. The highest BCUT2D eigenvalue weighted by Crippen LogP contribution is 2.09. The quantitative estimate of drug-likeness (QED) is 0.246. The zero-order valence-electron chi connectivity index (χ0n) is 4.85. The van der Waals surface area contributed by atoms with Gasteiger partial charge in [0, 0.05) is 0 Å². The van der Waals surface area contributed by atoms with E-state index in [1.165, 1.54) is 0 Å². The van der Waals surface area contributed by atoms with E-state index >= 15 is 0 Å². The molecule has 1 aromatic heterocycles. The number of nitrogens with two attached hydrogens (primary N) is 2. The van der Waals surface area contributed by atoms with Gasteiger partial charge in [0.05, 0.1) is 0 Å². The summed E-state index contributed by atoms with van der Waals surface area (Å²) < 4.78 is 0. The molecule has 0 atom stereocenters. The van der Waals surface area contributed by atoms with Crippen LogP contribution in [0.3, 0.4) is 0 Å². The molecular weight excluding hydrogens is 140 g/mol. The Kier molecular flexibility index (Phi) is 1.01. The van der Waals surface area contributed by atoms with E-state index in [0.29, 0.717) is 4.79 Å². The van der Waals surface area contributed by atoms with Crippen LogP contribution in [-0.4, -0.2) is 19.9 Å². The first-order chi connectivity index (χ1) is 4.55. The molecule has 0 radical (unpaired) electrons. The Morgan fingerprint density at radius 3 is 2.10 bits per heavy atom. The molecule has 56 valence electrons. The lowest BCUT2D eigenvalue weighted by Gasteiger charge is -1.95. The van der Waals surface area contributed by atoms with Gasteiger partial charge in [0.25, 0.3) is 0 Å². The lowest BCUT2D eigenvalue weighted by Crippen LogP contribution is -2.26. The van der Waals surface area contributed by atoms with E-state index in [2.05, 4.69) is 0 Å². The third-order valence-corrected chi connectivity index (χ3v) is 1.08. The van der Waals surface area contributed by atoms with Crippen LogP contribution >= 0.6 is 0 Å². The van der Waals surface area contributed by atoms with Gasteiger partial charge in [-0.15, -0.1) is 4.79 Å². The van der Waals surface area contributed by atoms with Gasteiger partial charge in [0.1, 0.15) is 0 Å². The van der Waals surface area contributed by atoms with E-state index in [0.717, 1.165) is 0 Å². The van der Waals surface area contributed by atoms with Crippen LogP contribution in [0.4, 0.5) is 5.82 Å². The zero-order chi connectivity index (χ0) is 7.89. The smallest absolute Gasteiger partial charge is 0.348 e. The highest BCUT2D eigenvalue weighted by atomic mass is 16.5. The molecule has 1 aromatic rings. The number of nitrogens with zero attached hydrogens (tertiary/aromatic N) is 2. The van der Waals surface area contributed by atoms with Crippen LogP contribution < -0.4 is 17.1 Å². The van der Waals surface area contributed by atoms with Crippen molar-refractivity contribution < 1.29 is 10.3 Å². The summed E-state index contributed by atoms with van der Waals surface area (Å²) in [6, 6.07) is 0. The van der Waals surface area contributed by atoms with Crippen LogP contribution in [0.25, 0.3) is 0 Å². The fourth-order valence-corrected chi connectivity index (χ4v) is 0.513. The molecule has 7 nitrogen and oxygen atoms in total. The molecule has 0 unspecified atom stereocenters. The molecule has 6 N–H and O–H groups in total. The van der Waals surface area contributed by atoms with E-state index in [1.807, 2.05) is 0 Å². The molecule has 0 saturated heterocycles. The van der Waals surface area contributed by atoms with Crippen LogP contribution in [0.5, 0.6) is 5.75 Å². The normalized spacial score (nSPS) is 10.0. The number of nitrogen functional groups attached to an aromatic ring is 2. The summed E-state index contributed by atoms with van der Waals surface area (Å²) in [5, 5.41) is 17.3. The van der Waals surface area contributed by atoms with Crippen LogP contribution in [0.2, 0.25) is 0 Å². The zero-order valence-corrected chi connectivity index (χ0v) is 4.85. The van der Waals surface area contributed by atoms with E-state index in [4.69, 9.17) is 21.9 Å². The molecule has 1 heterocycles. The molecule has 0 aliphatic carbocycles. The monoisotopic (exact) mass is 146 g/mol. The van der Waals surface area contributed by atoms with Crippen molar-refractivity contribution in [1.29, 1.82) is 0 Å². The van der Waals surface area contributed by atoms with Gasteiger partial charge in [-0.3, -0.25) is 4.79 Å². The molecule has 0 fully saturated rings. The van der Waals surface area contributed by atoms with E-state index < -0.39 is 11.3 Å². The Labute approximate surface area is 54.6 Å². The summed E-state index contributed by atoms with van der Waals surface area (Å²) in [4.78, 5) is 10.9. The summed E-state index contributed by atoms with van der Waals surface area (Å²) in [6.07, 6.45) is 0. The number of anilines is 1. The molecule has 7 heteroatoms. The second kappa shape index (κ2) is 1.59. The van der Waals surface area contributed by atoms with Crippen molar-refractivity contribution in [1.82, 2.24) is 9.64 Å². The summed E-state index contributed by atoms with van der Waals surface area (Å²) in [6.45, 7) is 0. The van der Waals surface area contributed by atoms with Gasteiger partial charge < -0.3 is 21.9 Å². The van der Waals surface area contributed by atoms with Crippen LogP contribution in [0.15, 0.2) is 4.79 Å². The van der Waals surface area contributed by atoms with Crippen molar-refractivity contribution in [2.75, 3.05) is 11.6 Å². The lowest BCUT2D eigenvalue weighted by molar-refractivity contribution is 0.115. The maximum Gasteiger partial charge on any atom is 0.348 e. The van der Waals surface area contributed by atoms with E-state index in [1.54, 1.807) is 0 Å². The molecule has 10 heavy (non-hydrogen) atoms. The standard InChI is InChI=1S/C3H6N4O3/c4-2-1(8)3(9)7(10)6(2)5/h8,10H,4-5H2. The molecule has 0 amide bonds. The number of aromatic hydroxyl groups is 1. The topological polar surface area (TPSA) is 119 Å². The van der Waals surface area contributed by atoms with Gasteiger partial charge in [-0.2, -0.15) is 0 Å². The first-order valence-electron chi connectivity index (χ1n) is 2.32. The van der Waals surface area contributed by atoms with Crippen molar-refractivity contribution in [3.8, 4) is 5.75 Å². The highest BCUT2D eigenvalue weighted by Gasteiger charge is 2.13. The summed E-state index contributed by atoms with van der Waals surface area (Å²) in [5.74, 6) is 3.81. The van der Waals surface area contributed by atoms with Gasteiger partial charge in [0.15, 0.2) is 5.82 Å². The largest absolute Gasteiger partial charge is 0.500 e. The first-order valence-corrected chi connectivity index (χ1v) is 2.32.